The van der Waals surface area contributed by atoms with Gasteiger partial charge in [-0.15, -0.1) is 0 Å². The van der Waals surface area contributed by atoms with Crippen LogP contribution in [0.3, 0.4) is 0 Å². The van der Waals surface area contributed by atoms with Crippen LogP contribution in [0.4, 0.5) is 10.1 Å². The Morgan fingerprint density at radius 3 is 2.00 bits per heavy atom. The third kappa shape index (κ3) is 8.15. The van der Waals surface area contributed by atoms with Gasteiger partial charge in [0, 0.05) is 19.5 Å². The molecular weight excluding hydrogens is 493 g/mol. The summed E-state index contributed by atoms with van der Waals surface area (Å²) in [6.45, 7) is 1.95. The SMILES string of the molecule is CCCNC(=O)[C@@H](Cc1ccccc1)N(Cc1ccccc1)C(=O)CN(c1ccc(F)cc1)S(C)(=O)=O. The van der Waals surface area contributed by atoms with Crippen molar-refractivity contribution in [3.8, 4) is 0 Å². The van der Waals surface area contributed by atoms with Crippen LogP contribution in [0.25, 0.3) is 0 Å². The molecule has 0 spiro atoms. The van der Waals surface area contributed by atoms with Crippen LogP contribution in [0, 0.1) is 5.82 Å². The minimum Gasteiger partial charge on any atom is -0.354 e. The zero-order chi connectivity index (χ0) is 26.8. The summed E-state index contributed by atoms with van der Waals surface area (Å²) in [5, 5.41) is 2.89. The predicted molar refractivity (Wildman–Crippen MR) is 143 cm³/mol. The Labute approximate surface area is 218 Å². The van der Waals surface area contributed by atoms with E-state index in [2.05, 4.69) is 5.32 Å². The second kappa shape index (κ2) is 13.0. The first-order valence-electron chi connectivity index (χ1n) is 12.1. The summed E-state index contributed by atoms with van der Waals surface area (Å²) in [5.41, 5.74) is 1.82. The van der Waals surface area contributed by atoms with Crippen molar-refractivity contribution in [2.45, 2.75) is 32.4 Å². The van der Waals surface area contributed by atoms with Gasteiger partial charge in [-0.3, -0.25) is 13.9 Å². The minimum absolute atomic E-state index is 0.109. The van der Waals surface area contributed by atoms with Crippen molar-refractivity contribution in [2.24, 2.45) is 0 Å². The number of carbonyl (C=O) groups is 2. The molecule has 37 heavy (non-hydrogen) atoms. The van der Waals surface area contributed by atoms with Gasteiger partial charge in [0.15, 0.2) is 0 Å². The van der Waals surface area contributed by atoms with E-state index in [4.69, 9.17) is 0 Å². The molecule has 3 aromatic carbocycles. The Bertz CT molecular complexity index is 1270. The molecule has 0 saturated heterocycles. The average Bonchev–Trinajstić information content (AvgIpc) is 2.89. The smallest absolute Gasteiger partial charge is 0.244 e. The molecule has 9 heteroatoms. The van der Waals surface area contributed by atoms with E-state index in [1.807, 2.05) is 67.6 Å². The molecule has 1 N–H and O–H groups in total. The highest BCUT2D eigenvalue weighted by atomic mass is 32.2. The van der Waals surface area contributed by atoms with E-state index in [1.165, 1.54) is 17.0 Å². The average molecular weight is 526 g/mol. The van der Waals surface area contributed by atoms with Crippen molar-refractivity contribution in [3.05, 3.63) is 102 Å². The fourth-order valence-electron chi connectivity index (χ4n) is 3.92. The first-order valence-corrected chi connectivity index (χ1v) is 13.9. The highest BCUT2D eigenvalue weighted by Gasteiger charge is 2.32. The van der Waals surface area contributed by atoms with Gasteiger partial charge in [0.2, 0.25) is 21.8 Å². The second-order valence-corrected chi connectivity index (χ2v) is 10.7. The third-order valence-corrected chi connectivity index (χ3v) is 6.95. The van der Waals surface area contributed by atoms with Gasteiger partial charge in [-0.2, -0.15) is 0 Å². The number of amides is 2. The first kappa shape index (κ1) is 27.9. The standard InChI is InChI=1S/C28H32FN3O4S/c1-3-18-30-28(34)26(19-22-10-6-4-7-11-22)31(20-23-12-8-5-9-13-23)27(33)21-32(37(2,35)36)25-16-14-24(29)15-17-25/h4-17,26H,3,18-21H2,1-2H3,(H,30,34)/t26-/m1/s1. The lowest BCUT2D eigenvalue weighted by atomic mass is 10.0. The number of halogens is 1. The van der Waals surface area contributed by atoms with Gasteiger partial charge in [0.1, 0.15) is 18.4 Å². The van der Waals surface area contributed by atoms with Gasteiger partial charge >= 0.3 is 0 Å². The van der Waals surface area contributed by atoms with Crippen molar-refractivity contribution >= 4 is 27.5 Å². The van der Waals surface area contributed by atoms with Gasteiger partial charge in [-0.1, -0.05) is 67.6 Å². The van der Waals surface area contributed by atoms with Crippen LogP contribution >= 0.6 is 0 Å². The Hall–Kier alpha value is -3.72. The number of nitrogens with one attached hydrogen (secondary N) is 1. The Morgan fingerprint density at radius 1 is 0.892 bits per heavy atom. The van der Waals surface area contributed by atoms with E-state index in [9.17, 15) is 22.4 Å². The molecule has 0 aromatic heterocycles. The Balaban J connectivity index is 2.01. The summed E-state index contributed by atoms with van der Waals surface area (Å²) in [4.78, 5) is 28.6. The maximum absolute atomic E-state index is 13.8. The van der Waals surface area contributed by atoms with Gasteiger partial charge in [-0.05, 0) is 41.8 Å². The predicted octanol–water partition coefficient (Wildman–Crippen LogP) is 3.76. The fraction of sp³-hybridized carbons (Fsp3) is 0.286. The van der Waals surface area contributed by atoms with Crippen molar-refractivity contribution in [2.75, 3.05) is 23.7 Å². The second-order valence-electron chi connectivity index (χ2n) is 8.75. The van der Waals surface area contributed by atoms with E-state index in [0.29, 0.717) is 6.54 Å². The lowest BCUT2D eigenvalue weighted by Gasteiger charge is -2.33. The molecule has 0 aliphatic rings. The maximum Gasteiger partial charge on any atom is 0.244 e. The van der Waals surface area contributed by atoms with Gasteiger partial charge < -0.3 is 10.2 Å². The number of nitrogens with zero attached hydrogens (tertiary/aromatic N) is 2. The van der Waals surface area contributed by atoms with Crippen molar-refractivity contribution < 1.29 is 22.4 Å². The molecule has 0 fully saturated rings. The molecule has 1 atom stereocenters. The van der Waals surface area contributed by atoms with Crippen LogP contribution in [0.15, 0.2) is 84.9 Å². The normalized spacial score (nSPS) is 12.0. The van der Waals surface area contributed by atoms with Crippen LogP contribution in [-0.4, -0.2) is 50.5 Å². The summed E-state index contributed by atoms with van der Waals surface area (Å²) < 4.78 is 39.7. The van der Waals surface area contributed by atoms with Crippen LogP contribution in [0.1, 0.15) is 24.5 Å². The number of benzene rings is 3. The molecule has 0 aliphatic heterocycles. The molecule has 0 unspecified atom stereocenters. The quantitative estimate of drug-likeness (QED) is 0.390. The van der Waals surface area contributed by atoms with Crippen LogP contribution in [0.2, 0.25) is 0 Å². The number of rotatable bonds is 12. The molecule has 0 saturated carbocycles. The molecule has 7 nitrogen and oxygen atoms in total. The van der Waals surface area contributed by atoms with Crippen LogP contribution in [-0.2, 0) is 32.6 Å². The molecule has 0 bridgehead atoms. The van der Waals surface area contributed by atoms with Crippen molar-refractivity contribution in [3.63, 3.8) is 0 Å². The third-order valence-electron chi connectivity index (χ3n) is 5.81. The highest BCUT2D eigenvalue weighted by molar-refractivity contribution is 7.92. The minimum atomic E-state index is -3.89. The number of hydrogen-bond acceptors (Lipinski definition) is 4. The lowest BCUT2D eigenvalue weighted by Crippen LogP contribution is -2.53. The topological polar surface area (TPSA) is 86.8 Å². The Morgan fingerprint density at radius 2 is 1.46 bits per heavy atom. The summed E-state index contributed by atoms with van der Waals surface area (Å²) in [7, 11) is -3.89. The monoisotopic (exact) mass is 525 g/mol. The fourth-order valence-corrected chi connectivity index (χ4v) is 4.77. The van der Waals surface area contributed by atoms with E-state index < -0.39 is 34.3 Å². The largest absolute Gasteiger partial charge is 0.354 e. The summed E-state index contributed by atoms with van der Waals surface area (Å²) in [6, 6.07) is 22.6. The first-order chi connectivity index (χ1) is 17.7. The molecule has 2 amide bonds. The number of sulfonamides is 1. The van der Waals surface area contributed by atoms with E-state index >= 15 is 0 Å². The summed E-state index contributed by atoms with van der Waals surface area (Å²) in [5.74, 6) is -1.39. The van der Waals surface area contributed by atoms with Crippen molar-refractivity contribution in [1.29, 1.82) is 0 Å². The summed E-state index contributed by atoms with van der Waals surface area (Å²) in [6.07, 6.45) is 1.97. The molecule has 0 heterocycles. The zero-order valence-electron chi connectivity index (χ0n) is 21.0. The molecule has 3 aromatic rings. The van der Waals surface area contributed by atoms with Gasteiger partial charge in [-0.25, -0.2) is 12.8 Å². The van der Waals surface area contributed by atoms with Gasteiger partial charge in [0.25, 0.3) is 0 Å². The molecule has 196 valence electrons. The van der Waals surface area contributed by atoms with Crippen molar-refractivity contribution in [1.82, 2.24) is 10.2 Å². The number of anilines is 1. The van der Waals surface area contributed by atoms with E-state index in [-0.39, 0.29) is 24.6 Å². The van der Waals surface area contributed by atoms with E-state index in [1.54, 1.807) is 0 Å². The highest BCUT2D eigenvalue weighted by Crippen LogP contribution is 2.20. The number of carbonyl (C=O) groups excluding carboxylic acids is 2. The molecule has 0 radical (unpaired) electrons. The zero-order valence-corrected chi connectivity index (χ0v) is 21.8. The molecule has 3 rings (SSSR count). The number of hydrogen-bond donors (Lipinski definition) is 1. The summed E-state index contributed by atoms with van der Waals surface area (Å²) >= 11 is 0. The molecular formula is C28H32FN3O4S. The van der Waals surface area contributed by atoms with E-state index in [0.717, 1.165) is 40.2 Å². The molecule has 0 aliphatic carbocycles. The maximum atomic E-state index is 13.8. The van der Waals surface area contributed by atoms with Gasteiger partial charge in [0.05, 0.1) is 11.9 Å². The Kier molecular flexibility index (Phi) is 9.79. The lowest BCUT2D eigenvalue weighted by molar-refractivity contribution is -0.140. The van der Waals surface area contributed by atoms with Crippen LogP contribution in [0.5, 0.6) is 0 Å². The van der Waals surface area contributed by atoms with Crippen LogP contribution < -0.4 is 9.62 Å².